The summed E-state index contributed by atoms with van der Waals surface area (Å²) < 4.78 is 1.79. The Labute approximate surface area is 176 Å². The molecule has 0 spiro atoms. The van der Waals surface area contributed by atoms with E-state index in [1.807, 2.05) is 44.2 Å². The molecule has 1 aliphatic rings. The third-order valence-corrected chi connectivity index (χ3v) is 5.76. The number of aromatic nitrogens is 2. The highest BCUT2D eigenvalue weighted by atomic mass is 35.5. The molecule has 0 radical (unpaired) electrons. The third kappa shape index (κ3) is 3.80. The average molecular weight is 409 g/mol. The Balaban J connectivity index is 1.81. The highest BCUT2D eigenvalue weighted by molar-refractivity contribution is 6.31. The number of rotatable bonds is 4. The molecule has 0 amide bonds. The first-order chi connectivity index (χ1) is 14.0. The maximum Gasteiger partial charge on any atom is 0.259 e. The van der Waals surface area contributed by atoms with Crippen LogP contribution in [-0.2, 0) is 19.6 Å². The molecule has 0 bridgehead atoms. The van der Waals surface area contributed by atoms with Crippen LogP contribution in [0.3, 0.4) is 0 Å². The van der Waals surface area contributed by atoms with Gasteiger partial charge in [-0.25, -0.2) is 4.98 Å². The van der Waals surface area contributed by atoms with Crippen molar-refractivity contribution >= 4 is 23.2 Å². The van der Waals surface area contributed by atoms with E-state index in [1.165, 1.54) is 5.56 Å². The second-order valence-corrected chi connectivity index (χ2v) is 7.94. The maximum atomic E-state index is 13.2. The van der Waals surface area contributed by atoms with E-state index in [0.29, 0.717) is 32.3 Å². The van der Waals surface area contributed by atoms with Crippen LogP contribution in [-0.4, -0.2) is 21.1 Å². The summed E-state index contributed by atoms with van der Waals surface area (Å²) in [6.07, 6.45) is 0.674. The molecule has 6 heteroatoms. The molecule has 2 heterocycles. The van der Waals surface area contributed by atoms with Crippen LogP contribution >= 0.6 is 11.6 Å². The zero-order chi connectivity index (χ0) is 20.5. The largest absolute Gasteiger partial charge is 0.298 e. The lowest BCUT2D eigenvalue weighted by Crippen LogP contribution is -2.47. The molecule has 0 N–H and O–H groups in total. The Morgan fingerprint density at radius 2 is 1.86 bits per heavy atom. The summed E-state index contributed by atoms with van der Waals surface area (Å²) in [5.74, 6) is 0.700. The second kappa shape index (κ2) is 8.01. The highest BCUT2D eigenvalue weighted by Gasteiger charge is 2.28. The zero-order valence-corrected chi connectivity index (χ0v) is 17.8. The molecule has 0 fully saturated rings. The standard InChI is InChI=1S/C23H25ClN4O/c1-4-20-17(3)25-23-27(19-10-7-8-16(2)12-19)14-26(15-28(23)22(20)29)13-18-9-5-6-11-21(18)24/h5-12H,4,13-15H2,1-3H3. The third-order valence-electron chi connectivity index (χ3n) is 5.39. The van der Waals surface area contributed by atoms with E-state index in [4.69, 9.17) is 16.6 Å². The van der Waals surface area contributed by atoms with Crippen molar-refractivity contribution in [1.29, 1.82) is 0 Å². The molecule has 1 aliphatic heterocycles. The molecule has 0 unspecified atom stereocenters. The molecule has 3 aromatic rings. The van der Waals surface area contributed by atoms with E-state index >= 15 is 0 Å². The van der Waals surface area contributed by atoms with Crippen molar-refractivity contribution in [1.82, 2.24) is 14.5 Å². The summed E-state index contributed by atoms with van der Waals surface area (Å²) in [5.41, 5.74) is 4.86. The molecular weight excluding hydrogens is 384 g/mol. The minimum atomic E-state index is 0.0384. The van der Waals surface area contributed by atoms with Gasteiger partial charge in [0.25, 0.3) is 5.56 Å². The van der Waals surface area contributed by atoms with Crippen molar-refractivity contribution in [3.63, 3.8) is 0 Å². The van der Waals surface area contributed by atoms with E-state index in [1.54, 1.807) is 4.57 Å². The van der Waals surface area contributed by atoms with Crippen molar-refractivity contribution in [2.24, 2.45) is 0 Å². The van der Waals surface area contributed by atoms with Crippen LogP contribution in [0.5, 0.6) is 0 Å². The fourth-order valence-corrected chi connectivity index (χ4v) is 4.09. The van der Waals surface area contributed by atoms with E-state index in [-0.39, 0.29) is 5.56 Å². The fraction of sp³-hybridized carbons (Fsp3) is 0.304. The topological polar surface area (TPSA) is 41.4 Å². The van der Waals surface area contributed by atoms with E-state index in [9.17, 15) is 4.79 Å². The van der Waals surface area contributed by atoms with E-state index in [0.717, 1.165) is 27.5 Å². The van der Waals surface area contributed by atoms with Crippen LogP contribution in [0.25, 0.3) is 0 Å². The van der Waals surface area contributed by atoms with Gasteiger partial charge < -0.3 is 0 Å². The van der Waals surface area contributed by atoms with Crippen LogP contribution in [0, 0.1) is 13.8 Å². The minimum Gasteiger partial charge on any atom is -0.298 e. The predicted molar refractivity (Wildman–Crippen MR) is 118 cm³/mol. The van der Waals surface area contributed by atoms with Gasteiger partial charge in [-0.05, 0) is 49.6 Å². The first-order valence-electron chi connectivity index (χ1n) is 9.88. The summed E-state index contributed by atoms with van der Waals surface area (Å²) >= 11 is 6.40. The molecule has 4 rings (SSSR count). The SMILES string of the molecule is CCc1c(C)nc2n(c1=O)CN(Cc1ccccc1Cl)CN2c1cccc(C)c1. The maximum absolute atomic E-state index is 13.2. The smallest absolute Gasteiger partial charge is 0.259 e. The molecule has 0 saturated carbocycles. The average Bonchev–Trinajstić information content (AvgIpc) is 2.70. The van der Waals surface area contributed by atoms with Gasteiger partial charge in [0, 0.05) is 28.5 Å². The van der Waals surface area contributed by atoms with Gasteiger partial charge in [0.2, 0.25) is 5.95 Å². The molecule has 0 atom stereocenters. The van der Waals surface area contributed by atoms with Gasteiger partial charge in [-0.15, -0.1) is 0 Å². The number of aryl methyl sites for hydroxylation is 2. The lowest BCUT2D eigenvalue weighted by Gasteiger charge is -2.38. The summed E-state index contributed by atoms with van der Waals surface area (Å²) in [7, 11) is 0. The van der Waals surface area contributed by atoms with Crippen LogP contribution < -0.4 is 10.5 Å². The number of halogens is 1. The lowest BCUT2D eigenvalue weighted by molar-refractivity contribution is 0.190. The number of benzene rings is 2. The van der Waals surface area contributed by atoms with Gasteiger partial charge in [-0.3, -0.25) is 19.2 Å². The molecule has 1 aromatic heterocycles. The number of hydrogen-bond acceptors (Lipinski definition) is 4. The van der Waals surface area contributed by atoms with Crippen molar-refractivity contribution in [2.45, 2.75) is 40.4 Å². The van der Waals surface area contributed by atoms with Crippen molar-refractivity contribution in [3.05, 3.63) is 86.3 Å². The quantitative estimate of drug-likeness (QED) is 0.630. The summed E-state index contributed by atoms with van der Waals surface area (Å²) in [5, 5.41) is 0.740. The molecule has 2 aromatic carbocycles. The predicted octanol–water partition coefficient (Wildman–Crippen LogP) is 4.64. The first kappa shape index (κ1) is 19.7. The number of anilines is 2. The van der Waals surface area contributed by atoms with Crippen LogP contribution in [0.15, 0.2) is 53.3 Å². The molecular formula is C23H25ClN4O. The second-order valence-electron chi connectivity index (χ2n) is 7.53. The Bertz CT molecular complexity index is 1110. The van der Waals surface area contributed by atoms with E-state index in [2.05, 4.69) is 34.9 Å². The van der Waals surface area contributed by atoms with Gasteiger partial charge in [0.15, 0.2) is 0 Å². The Morgan fingerprint density at radius 3 is 2.59 bits per heavy atom. The Hall–Kier alpha value is -2.63. The minimum absolute atomic E-state index is 0.0384. The van der Waals surface area contributed by atoms with Gasteiger partial charge in [-0.1, -0.05) is 48.9 Å². The van der Waals surface area contributed by atoms with Crippen molar-refractivity contribution < 1.29 is 0 Å². The number of fused-ring (bicyclic) bond motifs is 1. The summed E-state index contributed by atoms with van der Waals surface area (Å²) in [6.45, 7) is 7.77. The Kier molecular flexibility index (Phi) is 5.43. The van der Waals surface area contributed by atoms with Crippen LogP contribution in [0.1, 0.15) is 29.3 Å². The summed E-state index contributed by atoms with van der Waals surface area (Å²) in [4.78, 5) is 22.4. The van der Waals surface area contributed by atoms with Gasteiger partial charge in [0.05, 0.1) is 13.3 Å². The molecule has 0 aliphatic carbocycles. The fourth-order valence-electron chi connectivity index (χ4n) is 3.90. The Morgan fingerprint density at radius 1 is 1.07 bits per heavy atom. The number of nitrogens with zero attached hydrogens (tertiary/aromatic N) is 4. The first-order valence-corrected chi connectivity index (χ1v) is 10.3. The van der Waals surface area contributed by atoms with Gasteiger partial charge >= 0.3 is 0 Å². The van der Waals surface area contributed by atoms with Gasteiger partial charge in [0.1, 0.15) is 0 Å². The number of hydrogen-bond donors (Lipinski definition) is 0. The molecule has 150 valence electrons. The monoisotopic (exact) mass is 408 g/mol. The van der Waals surface area contributed by atoms with Gasteiger partial charge in [-0.2, -0.15) is 0 Å². The van der Waals surface area contributed by atoms with Crippen LogP contribution in [0.2, 0.25) is 5.02 Å². The van der Waals surface area contributed by atoms with Crippen LogP contribution in [0.4, 0.5) is 11.6 Å². The normalized spacial score (nSPS) is 14.1. The molecule has 0 saturated heterocycles. The zero-order valence-electron chi connectivity index (χ0n) is 17.0. The van der Waals surface area contributed by atoms with Crippen molar-refractivity contribution in [2.75, 3.05) is 11.6 Å². The molecule has 29 heavy (non-hydrogen) atoms. The highest BCUT2D eigenvalue weighted by Crippen LogP contribution is 2.29. The molecule has 5 nitrogen and oxygen atoms in total. The van der Waals surface area contributed by atoms with E-state index < -0.39 is 0 Å². The van der Waals surface area contributed by atoms with Crippen molar-refractivity contribution in [3.8, 4) is 0 Å². The summed E-state index contributed by atoms with van der Waals surface area (Å²) in [6, 6.07) is 16.1. The lowest BCUT2D eigenvalue weighted by atomic mass is 10.1.